The summed E-state index contributed by atoms with van der Waals surface area (Å²) in [5.41, 5.74) is 7.87. The number of rotatable bonds is 26. The van der Waals surface area contributed by atoms with Crippen molar-refractivity contribution in [1.82, 2.24) is 64.5 Å². The minimum Gasteiger partial charge on any atom is -0.469 e. The van der Waals surface area contributed by atoms with Gasteiger partial charge in [-0.2, -0.15) is 15.3 Å². The third-order valence-corrected chi connectivity index (χ3v) is 21.4. The van der Waals surface area contributed by atoms with Crippen molar-refractivity contribution in [1.29, 1.82) is 0 Å². The molecule has 3 atom stereocenters. The number of sulfonamides is 1. The molecular formula is C68H78Cl3N13O11S3. The molecule has 3 aromatic carbocycles. The van der Waals surface area contributed by atoms with Crippen molar-refractivity contribution in [2.24, 2.45) is 0 Å². The smallest absolute Gasteiger partial charge is 0.306 e. The van der Waals surface area contributed by atoms with E-state index >= 15 is 0 Å². The van der Waals surface area contributed by atoms with E-state index in [1.807, 2.05) is 71.0 Å². The number of nitrogens with zero attached hydrogens (tertiary/aromatic N) is 10. The molecule has 0 bridgehead atoms. The van der Waals surface area contributed by atoms with Gasteiger partial charge in [-0.15, -0.1) is 0 Å². The second-order valence-corrected chi connectivity index (χ2v) is 30.4. The molecule has 9 aromatic rings. The standard InChI is InChI=1S/C24H27ClN4O5S.C22H26ClN5O3S.C22H25ClN4O3S/c1-4-5-21(17-10-12-26-22(14-17)35(32,33)13-11-23(30)34-3)28-24(31)20-15-27-29(16(20)2)19-8-6-18(25)7-9-19;1-5-6-20(16-7-12-21(24-13-16)32(30,31)27(3)4)26-22(29)19-14-25-28(15(19)2)18-10-8-17(23)9-11-18;1-4-6-20(16-7-12-21(24-13-16)31(29,30)5-2)26-22(28)19-14-25-27(15(19)3)18-10-8-17(23)9-11-18/h6-10,12,14-15,21H,4-5,11,13H2,1-3H3,(H,28,31);7-14,20H,5-6H2,1-4H3,(H,26,29);7-14,20H,4-6H2,1-3H3,(H,26,28). The minimum absolute atomic E-state index is 0.00857. The van der Waals surface area contributed by atoms with Crippen LogP contribution in [0.1, 0.15) is 156 Å². The third kappa shape index (κ3) is 19.6. The predicted molar refractivity (Wildman–Crippen MR) is 375 cm³/mol. The number of aromatic nitrogens is 9. The monoisotopic (exact) mass is 1450 g/mol. The number of hydrogen-bond donors (Lipinski definition) is 3. The molecule has 0 saturated carbocycles. The fourth-order valence-electron chi connectivity index (χ4n) is 10.1. The molecule has 24 nitrogen and oxygen atoms in total. The van der Waals surface area contributed by atoms with Gasteiger partial charge in [0, 0.05) is 47.8 Å². The number of pyridine rings is 3. The summed E-state index contributed by atoms with van der Waals surface area (Å²) in [4.78, 5) is 62.7. The minimum atomic E-state index is -3.80. The van der Waals surface area contributed by atoms with E-state index in [4.69, 9.17) is 34.8 Å². The van der Waals surface area contributed by atoms with Crippen LogP contribution in [0.15, 0.2) is 161 Å². The zero-order chi connectivity index (χ0) is 71.6. The van der Waals surface area contributed by atoms with Gasteiger partial charge in [-0.05, 0) is 154 Å². The summed E-state index contributed by atoms with van der Waals surface area (Å²) in [6.07, 6.45) is 13.1. The zero-order valence-corrected chi connectivity index (χ0v) is 60.5. The Labute approximate surface area is 586 Å². The average Bonchev–Trinajstić information content (AvgIpc) is 1.59. The Balaban J connectivity index is 0.000000207. The molecule has 30 heteroatoms. The summed E-state index contributed by atoms with van der Waals surface area (Å²) < 4.78 is 84.5. The number of hydrogen-bond acceptors (Lipinski definition) is 17. The van der Waals surface area contributed by atoms with E-state index in [2.05, 4.69) is 50.9 Å². The van der Waals surface area contributed by atoms with Gasteiger partial charge < -0.3 is 20.7 Å². The van der Waals surface area contributed by atoms with E-state index in [0.717, 1.165) is 51.8 Å². The molecule has 3 unspecified atom stereocenters. The van der Waals surface area contributed by atoms with Crippen molar-refractivity contribution in [3.05, 3.63) is 212 Å². The van der Waals surface area contributed by atoms with Gasteiger partial charge in [-0.3, -0.25) is 19.2 Å². The number of ether oxygens (including phenoxy) is 1. The van der Waals surface area contributed by atoms with E-state index in [9.17, 15) is 44.4 Å². The first-order valence-electron chi connectivity index (χ1n) is 31.2. The molecule has 6 aromatic heterocycles. The summed E-state index contributed by atoms with van der Waals surface area (Å²) in [7, 11) is -6.67. The van der Waals surface area contributed by atoms with Gasteiger partial charge in [0.05, 0.1) is 113 Å². The van der Waals surface area contributed by atoms with Crippen molar-refractivity contribution in [3.8, 4) is 17.1 Å². The van der Waals surface area contributed by atoms with Crippen molar-refractivity contribution >= 4 is 88.2 Å². The van der Waals surface area contributed by atoms with Crippen LogP contribution in [-0.4, -0.2) is 130 Å². The van der Waals surface area contributed by atoms with E-state index in [-0.39, 0.29) is 57.1 Å². The maximum absolute atomic E-state index is 13.1. The summed E-state index contributed by atoms with van der Waals surface area (Å²) in [5.74, 6) is -1.87. The van der Waals surface area contributed by atoms with Crippen LogP contribution in [0.5, 0.6) is 0 Å². The highest BCUT2D eigenvalue weighted by Gasteiger charge is 2.27. The molecule has 6 heterocycles. The number of methoxy groups -OCH3 is 1. The Bertz CT molecular complexity index is 4570. The number of carbonyl (C=O) groups excluding carboxylic acids is 4. The summed E-state index contributed by atoms with van der Waals surface area (Å²) >= 11 is 17.9. The van der Waals surface area contributed by atoms with Crippen LogP contribution in [0.3, 0.4) is 0 Å². The van der Waals surface area contributed by atoms with Gasteiger partial charge in [0.15, 0.2) is 34.8 Å². The lowest BCUT2D eigenvalue weighted by molar-refractivity contribution is -0.140. The molecule has 0 radical (unpaired) electrons. The lowest BCUT2D eigenvalue weighted by Gasteiger charge is -2.19. The maximum Gasteiger partial charge on any atom is 0.306 e. The first-order valence-corrected chi connectivity index (χ1v) is 37.1. The van der Waals surface area contributed by atoms with Gasteiger partial charge >= 0.3 is 5.97 Å². The van der Waals surface area contributed by atoms with Gasteiger partial charge in [0.25, 0.3) is 27.7 Å². The molecule has 0 spiro atoms. The summed E-state index contributed by atoms with van der Waals surface area (Å²) in [5, 5.41) is 23.8. The van der Waals surface area contributed by atoms with Crippen molar-refractivity contribution in [2.45, 2.75) is 127 Å². The number of halogens is 3. The largest absolute Gasteiger partial charge is 0.469 e. The highest BCUT2D eigenvalue weighted by molar-refractivity contribution is 7.91. The van der Waals surface area contributed by atoms with Crippen molar-refractivity contribution < 1.29 is 49.2 Å². The van der Waals surface area contributed by atoms with E-state index in [0.29, 0.717) is 73.7 Å². The fourth-order valence-corrected chi connectivity index (χ4v) is 13.2. The van der Waals surface area contributed by atoms with Crippen LogP contribution in [0.4, 0.5) is 0 Å². The molecule has 3 amide bonds. The molecule has 0 aliphatic heterocycles. The molecule has 0 aliphatic carbocycles. The number of sulfone groups is 2. The molecule has 520 valence electrons. The van der Waals surface area contributed by atoms with Crippen LogP contribution in [-0.2, 0) is 39.2 Å². The molecular weight excluding hydrogens is 1380 g/mol. The molecule has 3 N–H and O–H groups in total. The summed E-state index contributed by atoms with van der Waals surface area (Å²) in [6, 6.07) is 29.9. The van der Waals surface area contributed by atoms with Crippen LogP contribution < -0.4 is 16.0 Å². The Morgan fingerprint density at radius 1 is 0.480 bits per heavy atom. The average molecular weight is 1460 g/mol. The normalized spacial score (nSPS) is 12.5. The first-order chi connectivity index (χ1) is 46.6. The van der Waals surface area contributed by atoms with Crippen LogP contribution in [0, 0.1) is 20.8 Å². The van der Waals surface area contributed by atoms with Gasteiger partial charge in [0.1, 0.15) is 0 Å². The second kappa shape index (κ2) is 34.7. The zero-order valence-electron chi connectivity index (χ0n) is 55.8. The Morgan fingerprint density at radius 2 is 0.847 bits per heavy atom. The molecule has 9 rings (SSSR count). The van der Waals surface area contributed by atoms with Crippen LogP contribution >= 0.6 is 34.8 Å². The summed E-state index contributed by atoms with van der Waals surface area (Å²) in [6.45, 7) is 13.0. The Morgan fingerprint density at radius 3 is 1.17 bits per heavy atom. The van der Waals surface area contributed by atoms with Crippen molar-refractivity contribution in [2.75, 3.05) is 32.7 Å². The molecule has 0 saturated heterocycles. The highest BCUT2D eigenvalue weighted by Crippen LogP contribution is 2.27. The number of benzene rings is 3. The second-order valence-electron chi connectivity index (χ2n) is 22.7. The maximum atomic E-state index is 13.1. The number of esters is 1. The first kappa shape index (κ1) is 76.7. The van der Waals surface area contributed by atoms with Gasteiger partial charge in [-0.1, -0.05) is 93.9 Å². The molecule has 0 aliphatic rings. The number of nitrogens with one attached hydrogen (secondary N) is 3. The number of carbonyl (C=O) groups is 4. The van der Waals surface area contributed by atoms with Gasteiger partial charge in [-0.25, -0.2) is 58.6 Å². The van der Waals surface area contributed by atoms with Crippen LogP contribution in [0.25, 0.3) is 17.1 Å². The number of amides is 3. The fraction of sp³-hybridized carbons (Fsp3) is 0.324. The third-order valence-electron chi connectivity index (χ3n) is 15.7. The van der Waals surface area contributed by atoms with Crippen LogP contribution in [0.2, 0.25) is 15.1 Å². The van der Waals surface area contributed by atoms with E-state index in [1.54, 1.807) is 82.5 Å². The lowest BCUT2D eigenvalue weighted by Crippen LogP contribution is -2.29. The van der Waals surface area contributed by atoms with Gasteiger partial charge in [0.2, 0.25) is 0 Å². The topological polar surface area (TPSA) is 311 Å². The van der Waals surface area contributed by atoms with Crippen molar-refractivity contribution in [3.63, 3.8) is 0 Å². The van der Waals surface area contributed by atoms with E-state index in [1.165, 1.54) is 76.6 Å². The lowest BCUT2D eigenvalue weighted by atomic mass is 10.0. The quantitative estimate of drug-likeness (QED) is 0.0424. The van der Waals surface area contributed by atoms with E-state index < -0.39 is 47.5 Å². The molecule has 0 fully saturated rings. The Hall–Kier alpha value is -8.70. The molecule has 98 heavy (non-hydrogen) atoms. The Kier molecular flexibility index (Phi) is 27.1. The predicted octanol–water partition coefficient (Wildman–Crippen LogP) is 11.9. The SMILES string of the molecule is CCCC(NC(=O)c1cnn(-c2ccc(Cl)cc2)c1C)c1ccc(S(=O)(=O)CC)nc1.CCCC(NC(=O)c1cnn(-c2ccc(Cl)cc2)c1C)c1ccc(S(=O)(=O)N(C)C)nc1.CCCC(NC(=O)c1cnn(-c2ccc(Cl)cc2)c1C)c1ccnc(S(=O)(=O)CCC(=O)OC)c1. The highest BCUT2D eigenvalue weighted by atomic mass is 35.5.